The molecule has 0 radical (unpaired) electrons. The molecule has 0 unspecified atom stereocenters. The number of hydrogen-bond acceptors (Lipinski definition) is 3. The standard InChI is InChI=1S/C9H8ClNO2/c1-6-7(8(13)4-5-12)2-3-9(10)11-6/h2-3,5H,4H2,1H3. The molecule has 0 bridgehead atoms. The van der Waals surface area contributed by atoms with Crippen molar-refractivity contribution in [3.63, 3.8) is 0 Å². The van der Waals surface area contributed by atoms with Gasteiger partial charge in [0.05, 0.1) is 6.42 Å². The number of Topliss-reactive ketones (excluding diaryl/α,β-unsaturated/α-hetero) is 1. The van der Waals surface area contributed by atoms with E-state index in [0.29, 0.717) is 22.7 Å². The van der Waals surface area contributed by atoms with Gasteiger partial charge in [0.15, 0.2) is 5.78 Å². The van der Waals surface area contributed by atoms with E-state index in [-0.39, 0.29) is 12.2 Å². The van der Waals surface area contributed by atoms with Crippen LogP contribution < -0.4 is 0 Å². The summed E-state index contributed by atoms with van der Waals surface area (Å²) < 4.78 is 0. The minimum atomic E-state index is -0.225. The highest BCUT2D eigenvalue weighted by atomic mass is 35.5. The summed E-state index contributed by atoms with van der Waals surface area (Å²) in [6.45, 7) is 1.68. The van der Waals surface area contributed by atoms with Crippen LogP contribution in [0.3, 0.4) is 0 Å². The highest BCUT2D eigenvalue weighted by Gasteiger charge is 2.09. The summed E-state index contributed by atoms with van der Waals surface area (Å²) in [6, 6.07) is 3.11. The average molecular weight is 198 g/mol. The van der Waals surface area contributed by atoms with E-state index >= 15 is 0 Å². The number of halogens is 1. The van der Waals surface area contributed by atoms with Crippen molar-refractivity contribution in [3.05, 3.63) is 28.5 Å². The van der Waals surface area contributed by atoms with Crippen molar-refractivity contribution < 1.29 is 9.59 Å². The molecular weight excluding hydrogens is 190 g/mol. The van der Waals surface area contributed by atoms with Gasteiger partial charge in [-0.05, 0) is 19.1 Å². The maximum Gasteiger partial charge on any atom is 0.171 e. The zero-order valence-electron chi connectivity index (χ0n) is 7.08. The molecule has 0 saturated heterocycles. The Kier molecular flexibility index (Phi) is 3.14. The summed E-state index contributed by atoms with van der Waals surface area (Å²) in [5, 5.41) is 0.347. The topological polar surface area (TPSA) is 47.0 Å². The lowest BCUT2D eigenvalue weighted by Gasteiger charge is -2.01. The molecule has 0 N–H and O–H groups in total. The van der Waals surface area contributed by atoms with Gasteiger partial charge in [0.1, 0.15) is 11.4 Å². The fourth-order valence-electron chi connectivity index (χ4n) is 1.01. The molecule has 0 spiro atoms. The van der Waals surface area contributed by atoms with Crippen LogP contribution in [0.2, 0.25) is 5.15 Å². The molecular formula is C9H8ClNO2. The first-order chi connectivity index (χ1) is 6.15. The molecule has 0 aromatic carbocycles. The molecule has 0 fully saturated rings. The Hall–Kier alpha value is -1.22. The van der Waals surface area contributed by atoms with Gasteiger partial charge >= 0.3 is 0 Å². The average Bonchev–Trinajstić information content (AvgIpc) is 2.04. The second-order valence-corrected chi connectivity index (χ2v) is 2.95. The van der Waals surface area contributed by atoms with Crippen molar-refractivity contribution in [2.24, 2.45) is 0 Å². The molecule has 0 amide bonds. The second kappa shape index (κ2) is 4.14. The Balaban J connectivity index is 3.01. The van der Waals surface area contributed by atoms with E-state index in [0.717, 1.165) is 0 Å². The molecule has 0 aliphatic carbocycles. The Morgan fingerprint density at radius 2 is 2.31 bits per heavy atom. The molecule has 0 saturated carbocycles. The van der Waals surface area contributed by atoms with Crippen LogP contribution in [-0.2, 0) is 4.79 Å². The zero-order valence-corrected chi connectivity index (χ0v) is 7.84. The monoisotopic (exact) mass is 197 g/mol. The van der Waals surface area contributed by atoms with E-state index in [2.05, 4.69) is 4.98 Å². The molecule has 4 heteroatoms. The number of hydrogen-bond donors (Lipinski definition) is 0. The molecule has 0 aliphatic heterocycles. The van der Waals surface area contributed by atoms with Gasteiger partial charge in [-0.2, -0.15) is 0 Å². The predicted octanol–water partition coefficient (Wildman–Crippen LogP) is 1.82. The molecule has 13 heavy (non-hydrogen) atoms. The third-order valence-corrected chi connectivity index (χ3v) is 1.83. The minimum Gasteiger partial charge on any atom is -0.303 e. The molecule has 1 heterocycles. The van der Waals surface area contributed by atoms with Crippen LogP contribution in [0.5, 0.6) is 0 Å². The first-order valence-corrected chi connectivity index (χ1v) is 4.13. The third kappa shape index (κ3) is 2.36. The van der Waals surface area contributed by atoms with Crippen molar-refractivity contribution in [2.45, 2.75) is 13.3 Å². The molecule has 3 nitrogen and oxygen atoms in total. The van der Waals surface area contributed by atoms with E-state index in [4.69, 9.17) is 11.6 Å². The van der Waals surface area contributed by atoms with Crippen LogP contribution in [0.1, 0.15) is 22.5 Å². The fourth-order valence-corrected chi connectivity index (χ4v) is 1.20. The van der Waals surface area contributed by atoms with Gasteiger partial charge in [-0.1, -0.05) is 11.6 Å². The van der Waals surface area contributed by atoms with Crippen molar-refractivity contribution >= 4 is 23.7 Å². The Labute approximate surface area is 80.7 Å². The Bertz CT molecular complexity index is 349. The maximum atomic E-state index is 11.3. The number of aryl methyl sites for hydroxylation is 1. The number of ketones is 1. The van der Waals surface area contributed by atoms with Gasteiger partial charge in [-0.15, -0.1) is 0 Å². The molecule has 0 atom stereocenters. The summed E-state index contributed by atoms with van der Waals surface area (Å²) in [5.41, 5.74) is 1.01. The zero-order chi connectivity index (χ0) is 9.84. The van der Waals surface area contributed by atoms with Crippen LogP contribution in [0.4, 0.5) is 0 Å². The van der Waals surface area contributed by atoms with E-state index in [1.54, 1.807) is 13.0 Å². The predicted molar refractivity (Wildman–Crippen MR) is 49.0 cm³/mol. The first-order valence-electron chi connectivity index (χ1n) is 3.75. The summed E-state index contributed by atoms with van der Waals surface area (Å²) in [7, 11) is 0. The molecule has 68 valence electrons. The van der Waals surface area contributed by atoms with E-state index in [1.807, 2.05) is 0 Å². The van der Waals surface area contributed by atoms with Crippen molar-refractivity contribution in [1.29, 1.82) is 0 Å². The smallest absolute Gasteiger partial charge is 0.171 e. The number of aldehydes is 1. The highest BCUT2D eigenvalue weighted by molar-refractivity contribution is 6.29. The van der Waals surface area contributed by atoms with Gasteiger partial charge in [0.2, 0.25) is 0 Å². The highest BCUT2D eigenvalue weighted by Crippen LogP contribution is 2.11. The fraction of sp³-hybridized carbons (Fsp3) is 0.222. The minimum absolute atomic E-state index is 0.107. The number of rotatable bonds is 3. The van der Waals surface area contributed by atoms with Gasteiger partial charge in [-0.3, -0.25) is 4.79 Å². The number of pyridine rings is 1. The van der Waals surface area contributed by atoms with Gasteiger partial charge in [0, 0.05) is 11.3 Å². The van der Waals surface area contributed by atoms with Gasteiger partial charge in [-0.25, -0.2) is 4.98 Å². The number of carbonyl (C=O) groups is 2. The van der Waals surface area contributed by atoms with Crippen LogP contribution >= 0.6 is 11.6 Å². The summed E-state index contributed by atoms with van der Waals surface area (Å²) in [6.07, 6.45) is 0.473. The number of carbonyl (C=O) groups excluding carboxylic acids is 2. The first kappa shape index (κ1) is 9.86. The molecule has 1 aromatic heterocycles. The SMILES string of the molecule is Cc1nc(Cl)ccc1C(=O)CC=O. The summed E-state index contributed by atoms with van der Waals surface area (Å²) >= 11 is 5.61. The lowest BCUT2D eigenvalue weighted by molar-refractivity contribution is -0.107. The Morgan fingerprint density at radius 3 is 2.85 bits per heavy atom. The molecule has 0 aliphatic rings. The van der Waals surface area contributed by atoms with Crippen molar-refractivity contribution in [1.82, 2.24) is 4.98 Å². The second-order valence-electron chi connectivity index (χ2n) is 2.56. The number of aromatic nitrogens is 1. The third-order valence-electron chi connectivity index (χ3n) is 1.62. The van der Waals surface area contributed by atoms with E-state index < -0.39 is 0 Å². The van der Waals surface area contributed by atoms with Crippen molar-refractivity contribution in [2.75, 3.05) is 0 Å². The van der Waals surface area contributed by atoms with Crippen LogP contribution in [0.25, 0.3) is 0 Å². The van der Waals surface area contributed by atoms with Gasteiger partial charge in [0.25, 0.3) is 0 Å². The van der Waals surface area contributed by atoms with Crippen LogP contribution in [0, 0.1) is 6.92 Å². The van der Waals surface area contributed by atoms with E-state index in [9.17, 15) is 9.59 Å². The normalized spacial score (nSPS) is 9.69. The summed E-state index contributed by atoms with van der Waals surface area (Å²) in [5.74, 6) is -0.225. The van der Waals surface area contributed by atoms with Crippen molar-refractivity contribution in [3.8, 4) is 0 Å². The quantitative estimate of drug-likeness (QED) is 0.321. The number of nitrogens with zero attached hydrogens (tertiary/aromatic N) is 1. The van der Waals surface area contributed by atoms with Crippen LogP contribution in [0.15, 0.2) is 12.1 Å². The lowest BCUT2D eigenvalue weighted by atomic mass is 10.1. The summed E-state index contributed by atoms with van der Waals surface area (Å²) in [4.78, 5) is 25.3. The van der Waals surface area contributed by atoms with E-state index in [1.165, 1.54) is 6.07 Å². The largest absolute Gasteiger partial charge is 0.303 e. The molecule has 1 rings (SSSR count). The van der Waals surface area contributed by atoms with Gasteiger partial charge < -0.3 is 4.79 Å². The lowest BCUT2D eigenvalue weighted by Crippen LogP contribution is -2.03. The maximum absolute atomic E-state index is 11.3. The molecule has 1 aromatic rings. The Morgan fingerprint density at radius 1 is 1.62 bits per heavy atom. The van der Waals surface area contributed by atoms with Crippen LogP contribution in [-0.4, -0.2) is 17.1 Å².